The van der Waals surface area contributed by atoms with Crippen molar-refractivity contribution in [3.8, 4) is 0 Å². The van der Waals surface area contributed by atoms with E-state index >= 15 is 0 Å². The minimum atomic E-state index is -2.09. The van der Waals surface area contributed by atoms with Gasteiger partial charge < -0.3 is 9.41 Å². The van der Waals surface area contributed by atoms with Gasteiger partial charge in [0.1, 0.15) is 14.3 Å². The minimum absolute atomic E-state index is 0.0170. The SMILES string of the molecule is CC(C)(C)[Si](C)(C)NC(C(=O)O[Si](C)(C)C(C)(C)C)C1CCCCC1. The van der Waals surface area contributed by atoms with Gasteiger partial charge in [-0.15, -0.1) is 0 Å². The molecule has 1 fully saturated rings. The Morgan fingerprint density at radius 2 is 1.40 bits per heavy atom. The van der Waals surface area contributed by atoms with E-state index in [0.717, 1.165) is 12.8 Å². The van der Waals surface area contributed by atoms with E-state index in [1.807, 2.05) is 0 Å². The molecule has 3 nitrogen and oxygen atoms in total. The fourth-order valence-corrected chi connectivity index (χ4v) is 5.41. The Balaban J connectivity index is 3.04. The Kier molecular flexibility index (Phi) is 7.19. The Labute approximate surface area is 158 Å². The Bertz CT molecular complexity index is 455. The topological polar surface area (TPSA) is 38.3 Å². The third-order valence-electron chi connectivity index (χ3n) is 6.93. The highest BCUT2D eigenvalue weighted by Crippen LogP contribution is 2.39. The molecule has 1 atom stereocenters. The lowest BCUT2D eigenvalue weighted by molar-refractivity contribution is -0.139. The summed E-state index contributed by atoms with van der Waals surface area (Å²) in [5.74, 6) is 0.448. The second-order valence-electron chi connectivity index (χ2n) is 11.1. The van der Waals surface area contributed by atoms with Crippen LogP contribution < -0.4 is 4.98 Å². The maximum Gasteiger partial charge on any atom is 0.309 e. The molecule has 0 saturated heterocycles. The summed E-state index contributed by atoms with van der Waals surface area (Å²) in [5.41, 5.74) is 0. The van der Waals surface area contributed by atoms with Gasteiger partial charge in [-0.05, 0) is 41.9 Å². The number of rotatable bonds is 5. The molecule has 0 heterocycles. The summed E-state index contributed by atoms with van der Waals surface area (Å²) in [7, 11) is -3.86. The van der Waals surface area contributed by atoms with Crippen molar-refractivity contribution in [1.82, 2.24) is 4.98 Å². The number of carbonyl (C=O) groups is 1. The van der Waals surface area contributed by atoms with E-state index in [1.165, 1.54) is 19.3 Å². The van der Waals surface area contributed by atoms with Crippen molar-refractivity contribution >= 4 is 22.5 Å². The second kappa shape index (κ2) is 7.85. The average molecular weight is 386 g/mol. The van der Waals surface area contributed by atoms with Crippen LogP contribution in [0.2, 0.25) is 36.3 Å². The molecule has 0 aromatic rings. The lowest BCUT2D eigenvalue weighted by atomic mass is 9.84. The van der Waals surface area contributed by atoms with E-state index in [0.29, 0.717) is 5.92 Å². The molecule has 0 spiro atoms. The third-order valence-corrected chi connectivity index (χ3v) is 16.0. The van der Waals surface area contributed by atoms with E-state index in [2.05, 4.69) is 72.7 Å². The van der Waals surface area contributed by atoms with Crippen LogP contribution in [-0.4, -0.2) is 28.6 Å². The van der Waals surface area contributed by atoms with Crippen LogP contribution in [0.3, 0.4) is 0 Å². The zero-order valence-electron chi connectivity index (χ0n) is 18.5. The van der Waals surface area contributed by atoms with Gasteiger partial charge in [0.2, 0.25) is 0 Å². The first-order valence-corrected chi connectivity index (χ1v) is 16.0. The molecule has 0 aromatic heterocycles. The van der Waals surface area contributed by atoms with Crippen LogP contribution in [0.25, 0.3) is 0 Å². The molecule has 5 heteroatoms. The maximum absolute atomic E-state index is 13.3. The minimum Gasteiger partial charge on any atom is -0.518 e. The first kappa shape index (κ1) is 22.9. The van der Waals surface area contributed by atoms with Crippen LogP contribution in [-0.2, 0) is 9.22 Å². The van der Waals surface area contributed by atoms with Gasteiger partial charge in [-0.3, -0.25) is 4.79 Å². The molecule has 148 valence electrons. The summed E-state index contributed by atoms with van der Waals surface area (Å²) in [5, 5.41) is 0.258. The van der Waals surface area contributed by atoms with E-state index in [4.69, 9.17) is 4.43 Å². The smallest absolute Gasteiger partial charge is 0.309 e. The lowest BCUT2D eigenvalue weighted by Gasteiger charge is -2.44. The van der Waals surface area contributed by atoms with Gasteiger partial charge in [0, 0.05) is 0 Å². The van der Waals surface area contributed by atoms with Gasteiger partial charge in [-0.2, -0.15) is 0 Å². The number of hydrogen-bond donors (Lipinski definition) is 1. The normalized spacial score (nSPS) is 19.6. The molecule has 25 heavy (non-hydrogen) atoms. The molecule has 0 amide bonds. The molecular formula is C20H43NO2Si2. The van der Waals surface area contributed by atoms with Crippen molar-refractivity contribution in [1.29, 1.82) is 0 Å². The standard InChI is InChI=1S/C20H43NO2Si2/c1-19(2,3)24(7,8)21-17(16-14-12-11-13-15-16)18(22)23-25(9,10)20(4,5)6/h16-17,21H,11-15H2,1-10H3. The van der Waals surface area contributed by atoms with E-state index < -0.39 is 16.6 Å². The van der Waals surface area contributed by atoms with Gasteiger partial charge in [-0.25, -0.2) is 0 Å². The summed E-state index contributed by atoms with van der Waals surface area (Å²) >= 11 is 0. The van der Waals surface area contributed by atoms with Crippen molar-refractivity contribution in [2.45, 2.75) is 116 Å². The first-order chi connectivity index (χ1) is 11.1. The van der Waals surface area contributed by atoms with Crippen LogP contribution in [0.4, 0.5) is 0 Å². The zero-order chi connectivity index (χ0) is 19.7. The molecule has 1 rings (SSSR count). The summed E-state index contributed by atoms with van der Waals surface area (Å²) in [6, 6.07) is -0.129. The van der Waals surface area contributed by atoms with Gasteiger partial charge in [-0.1, -0.05) is 73.9 Å². The highest BCUT2D eigenvalue weighted by atomic mass is 28.4. The highest BCUT2D eigenvalue weighted by Gasteiger charge is 2.45. The van der Waals surface area contributed by atoms with E-state index in [1.54, 1.807) is 0 Å². The van der Waals surface area contributed by atoms with Crippen molar-refractivity contribution < 1.29 is 9.22 Å². The Morgan fingerprint density at radius 1 is 0.920 bits per heavy atom. The second-order valence-corrected chi connectivity index (χ2v) is 20.8. The quantitative estimate of drug-likeness (QED) is 0.583. The fourth-order valence-electron chi connectivity index (χ4n) is 2.91. The number of carbonyl (C=O) groups excluding carboxylic acids is 1. The van der Waals surface area contributed by atoms with Crippen LogP contribution in [0.15, 0.2) is 0 Å². The number of nitrogens with one attached hydrogen (secondary N) is 1. The molecule has 1 saturated carbocycles. The Hall–Kier alpha value is -0.136. The summed E-state index contributed by atoms with van der Waals surface area (Å²) in [6.45, 7) is 22.5. The van der Waals surface area contributed by atoms with E-state index in [-0.39, 0.29) is 22.1 Å². The van der Waals surface area contributed by atoms with Crippen LogP contribution in [0, 0.1) is 5.92 Å². The van der Waals surface area contributed by atoms with Crippen molar-refractivity contribution in [3.63, 3.8) is 0 Å². The fraction of sp³-hybridized carbons (Fsp3) is 0.950. The number of hydrogen-bond acceptors (Lipinski definition) is 3. The van der Waals surface area contributed by atoms with Crippen LogP contribution in [0.1, 0.15) is 73.6 Å². The molecule has 1 N–H and O–H groups in total. The average Bonchev–Trinajstić information content (AvgIpc) is 2.42. The van der Waals surface area contributed by atoms with Gasteiger partial charge in [0.25, 0.3) is 8.32 Å². The molecule has 0 aromatic carbocycles. The van der Waals surface area contributed by atoms with Gasteiger partial charge in [0.05, 0.1) is 0 Å². The van der Waals surface area contributed by atoms with Crippen LogP contribution in [0.5, 0.6) is 0 Å². The van der Waals surface area contributed by atoms with Crippen molar-refractivity contribution in [2.75, 3.05) is 0 Å². The van der Waals surface area contributed by atoms with E-state index in [9.17, 15) is 4.79 Å². The molecule has 1 unspecified atom stereocenters. The van der Waals surface area contributed by atoms with Gasteiger partial charge >= 0.3 is 5.97 Å². The molecular weight excluding hydrogens is 342 g/mol. The summed E-state index contributed by atoms with van der Waals surface area (Å²) in [6.07, 6.45) is 6.10. The summed E-state index contributed by atoms with van der Waals surface area (Å²) < 4.78 is 6.24. The van der Waals surface area contributed by atoms with Crippen LogP contribution >= 0.6 is 0 Å². The summed E-state index contributed by atoms with van der Waals surface area (Å²) in [4.78, 5) is 17.1. The van der Waals surface area contributed by atoms with Crippen molar-refractivity contribution in [3.05, 3.63) is 0 Å². The molecule has 0 aliphatic heterocycles. The molecule has 0 bridgehead atoms. The monoisotopic (exact) mass is 385 g/mol. The maximum atomic E-state index is 13.3. The Morgan fingerprint density at radius 3 is 1.80 bits per heavy atom. The third kappa shape index (κ3) is 5.93. The van der Waals surface area contributed by atoms with Crippen molar-refractivity contribution in [2.24, 2.45) is 5.92 Å². The largest absolute Gasteiger partial charge is 0.518 e. The van der Waals surface area contributed by atoms with Gasteiger partial charge in [0.15, 0.2) is 0 Å². The molecule has 1 aliphatic carbocycles. The molecule has 0 radical (unpaired) electrons. The predicted octanol–water partition coefficient (Wildman–Crippen LogP) is 6.08. The highest BCUT2D eigenvalue weighted by molar-refractivity contribution is 6.78. The molecule has 1 aliphatic rings. The zero-order valence-corrected chi connectivity index (χ0v) is 20.5. The predicted molar refractivity (Wildman–Crippen MR) is 114 cm³/mol. The first-order valence-electron chi connectivity index (χ1n) is 10.1. The lowest BCUT2D eigenvalue weighted by Crippen LogP contribution is -2.62.